The Hall–Kier alpha value is -1.17. The van der Waals surface area contributed by atoms with Gasteiger partial charge in [-0.25, -0.2) is 0 Å². The minimum absolute atomic E-state index is 0.340. The SMILES string of the molecule is CN(C)C1(CNCc2cn[nH]c2-c2cccs2)CCCC1. The first-order chi connectivity index (χ1) is 10.2. The zero-order valence-corrected chi connectivity index (χ0v) is 13.7. The van der Waals surface area contributed by atoms with Gasteiger partial charge < -0.3 is 10.2 Å². The first kappa shape index (κ1) is 14.8. The van der Waals surface area contributed by atoms with Gasteiger partial charge in [-0.1, -0.05) is 18.9 Å². The van der Waals surface area contributed by atoms with E-state index in [1.807, 2.05) is 6.20 Å². The Bertz CT molecular complexity index is 553. The third kappa shape index (κ3) is 3.05. The zero-order chi connectivity index (χ0) is 14.7. The quantitative estimate of drug-likeness (QED) is 0.862. The Balaban J connectivity index is 1.62. The van der Waals surface area contributed by atoms with E-state index in [0.717, 1.165) is 18.8 Å². The van der Waals surface area contributed by atoms with Crippen LogP contribution in [0.5, 0.6) is 0 Å². The van der Waals surface area contributed by atoms with Gasteiger partial charge >= 0.3 is 0 Å². The van der Waals surface area contributed by atoms with Crippen molar-refractivity contribution in [2.45, 2.75) is 37.8 Å². The van der Waals surface area contributed by atoms with Crippen molar-refractivity contribution in [3.05, 3.63) is 29.3 Å². The third-order valence-electron chi connectivity index (χ3n) is 4.74. The van der Waals surface area contributed by atoms with Crippen LogP contribution in [0.15, 0.2) is 23.7 Å². The highest BCUT2D eigenvalue weighted by molar-refractivity contribution is 7.13. The number of nitrogens with zero attached hydrogens (tertiary/aromatic N) is 2. The molecule has 114 valence electrons. The zero-order valence-electron chi connectivity index (χ0n) is 12.9. The number of hydrogen-bond acceptors (Lipinski definition) is 4. The highest BCUT2D eigenvalue weighted by atomic mass is 32.1. The summed E-state index contributed by atoms with van der Waals surface area (Å²) in [5.74, 6) is 0. The predicted octanol–water partition coefficient (Wildman–Crippen LogP) is 3.10. The molecule has 1 aliphatic rings. The number of likely N-dealkylation sites (N-methyl/N-ethyl adjacent to an activating group) is 1. The van der Waals surface area contributed by atoms with Gasteiger partial charge in [0.15, 0.2) is 0 Å². The second-order valence-corrected chi connectivity index (χ2v) is 7.12. The smallest absolute Gasteiger partial charge is 0.0794 e. The van der Waals surface area contributed by atoms with E-state index in [9.17, 15) is 0 Å². The van der Waals surface area contributed by atoms with Crippen LogP contribution in [0, 0.1) is 0 Å². The molecule has 21 heavy (non-hydrogen) atoms. The summed E-state index contributed by atoms with van der Waals surface area (Å²) in [6.07, 6.45) is 7.25. The van der Waals surface area contributed by atoms with E-state index >= 15 is 0 Å². The maximum absolute atomic E-state index is 4.21. The molecule has 0 radical (unpaired) electrons. The molecular weight excluding hydrogens is 280 g/mol. The molecule has 1 aliphatic carbocycles. The van der Waals surface area contributed by atoms with Crippen molar-refractivity contribution in [1.29, 1.82) is 0 Å². The van der Waals surface area contributed by atoms with Crippen LogP contribution in [0.4, 0.5) is 0 Å². The molecule has 5 heteroatoms. The topological polar surface area (TPSA) is 44.0 Å². The van der Waals surface area contributed by atoms with Crippen molar-refractivity contribution < 1.29 is 0 Å². The minimum Gasteiger partial charge on any atom is -0.311 e. The van der Waals surface area contributed by atoms with Gasteiger partial charge in [0.05, 0.1) is 16.8 Å². The van der Waals surface area contributed by atoms with Gasteiger partial charge in [-0.15, -0.1) is 11.3 Å². The highest BCUT2D eigenvalue weighted by Gasteiger charge is 2.35. The van der Waals surface area contributed by atoms with Crippen molar-refractivity contribution in [3.8, 4) is 10.6 Å². The summed E-state index contributed by atoms with van der Waals surface area (Å²) in [5, 5.41) is 13.1. The normalized spacial score (nSPS) is 17.7. The van der Waals surface area contributed by atoms with Gasteiger partial charge in [0, 0.05) is 24.2 Å². The van der Waals surface area contributed by atoms with Crippen LogP contribution in [-0.4, -0.2) is 41.3 Å². The Kier molecular flexibility index (Phi) is 4.42. The molecule has 0 saturated heterocycles. The number of hydrogen-bond donors (Lipinski definition) is 2. The summed E-state index contributed by atoms with van der Waals surface area (Å²) >= 11 is 1.75. The molecule has 4 nitrogen and oxygen atoms in total. The van der Waals surface area contributed by atoms with Crippen LogP contribution in [0.2, 0.25) is 0 Å². The van der Waals surface area contributed by atoms with Crippen molar-refractivity contribution in [1.82, 2.24) is 20.4 Å². The highest BCUT2D eigenvalue weighted by Crippen LogP contribution is 2.33. The molecule has 3 rings (SSSR count). The number of nitrogens with one attached hydrogen (secondary N) is 2. The van der Waals surface area contributed by atoms with Crippen LogP contribution < -0.4 is 5.32 Å². The standard InChI is InChI=1S/C16H24N4S/c1-20(2)16(7-3-4-8-16)12-17-10-13-11-18-19-15(13)14-6-5-9-21-14/h5-6,9,11,17H,3-4,7-8,10,12H2,1-2H3,(H,18,19). The molecule has 2 aromatic heterocycles. The van der Waals surface area contributed by atoms with Crippen molar-refractivity contribution in [2.75, 3.05) is 20.6 Å². The molecule has 0 bridgehead atoms. The Morgan fingerprint density at radius 1 is 1.38 bits per heavy atom. The molecule has 2 heterocycles. The monoisotopic (exact) mass is 304 g/mol. The summed E-state index contributed by atoms with van der Waals surface area (Å²) in [7, 11) is 4.42. The van der Waals surface area contributed by atoms with E-state index in [1.54, 1.807) is 11.3 Å². The second-order valence-electron chi connectivity index (χ2n) is 6.18. The molecule has 0 aliphatic heterocycles. The summed E-state index contributed by atoms with van der Waals surface area (Å²) in [4.78, 5) is 3.66. The predicted molar refractivity (Wildman–Crippen MR) is 88.5 cm³/mol. The minimum atomic E-state index is 0.340. The molecule has 0 unspecified atom stereocenters. The average Bonchev–Trinajstić information content (AvgIpc) is 3.20. The Labute approximate surface area is 130 Å². The first-order valence-corrected chi connectivity index (χ1v) is 8.53. The van der Waals surface area contributed by atoms with Gasteiger partial charge in [0.2, 0.25) is 0 Å². The van der Waals surface area contributed by atoms with Gasteiger partial charge in [-0.3, -0.25) is 5.10 Å². The third-order valence-corrected chi connectivity index (χ3v) is 5.63. The van der Waals surface area contributed by atoms with Crippen LogP contribution in [0.1, 0.15) is 31.2 Å². The van der Waals surface area contributed by atoms with Gasteiger partial charge in [-0.2, -0.15) is 5.10 Å². The van der Waals surface area contributed by atoms with E-state index in [0.29, 0.717) is 5.54 Å². The van der Waals surface area contributed by atoms with E-state index in [4.69, 9.17) is 0 Å². The molecule has 2 N–H and O–H groups in total. The van der Waals surface area contributed by atoms with Crippen molar-refractivity contribution in [2.24, 2.45) is 0 Å². The van der Waals surface area contributed by atoms with Crippen LogP contribution in [0.3, 0.4) is 0 Å². The molecule has 0 amide bonds. The van der Waals surface area contributed by atoms with Crippen LogP contribution >= 0.6 is 11.3 Å². The number of rotatable bonds is 6. The van der Waals surface area contributed by atoms with Crippen molar-refractivity contribution >= 4 is 11.3 Å². The fraction of sp³-hybridized carbons (Fsp3) is 0.562. The number of aromatic amines is 1. The summed E-state index contributed by atoms with van der Waals surface area (Å²) in [5.41, 5.74) is 2.75. The first-order valence-electron chi connectivity index (χ1n) is 7.66. The van der Waals surface area contributed by atoms with Crippen LogP contribution in [0.25, 0.3) is 10.6 Å². The Morgan fingerprint density at radius 3 is 2.86 bits per heavy atom. The van der Waals surface area contributed by atoms with Gasteiger partial charge in [0.25, 0.3) is 0 Å². The van der Waals surface area contributed by atoms with Gasteiger partial charge in [0.1, 0.15) is 0 Å². The molecule has 2 aromatic rings. The summed E-state index contributed by atoms with van der Waals surface area (Å²) in [6, 6.07) is 4.22. The molecule has 1 fully saturated rings. The summed E-state index contributed by atoms with van der Waals surface area (Å²) < 4.78 is 0. The number of aromatic nitrogens is 2. The summed E-state index contributed by atoms with van der Waals surface area (Å²) in [6.45, 7) is 1.92. The lowest BCUT2D eigenvalue weighted by molar-refractivity contribution is 0.153. The molecule has 0 spiro atoms. The largest absolute Gasteiger partial charge is 0.311 e. The fourth-order valence-corrected chi connectivity index (χ4v) is 4.08. The van der Waals surface area contributed by atoms with Crippen LogP contribution in [-0.2, 0) is 6.54 Å². The molecule has 0 atom stereocenters. The lowest BCUT2D eigenvalue weighted by atomic mass is 9.96. The molecular formula is C16H24N4S. The maximum atomic E-state index is 4.21. The Morgan fingerprint density at radius 2 is 2.19 bits per heavy atom. The lowest BCUT2D eigenvalue weighted by Crippen LogP contribution is -2.49. The van der Waals surface area contributed by atoms with Gasteiger partial charge in [-0.05, 0) is 38.4 Å². The number of thiophene rings is 1. The van der Waals surface area contributed by atoms with Crippen molar-refractivity contribution in [3.63, 3.8) is 0 Å². The average molecular weight is 304 g/mol. The van der Waals surface area contributed by atoms with E-state index in [2.05, 4.69) is 52.0 Å². The lowest BCUT2D eigenvalue weighted by Gasteiger charge is -2.36. The van der Waals surface area contributed by atoms with E-state index in [-0.39, 0.29) is 0 Å². The number of H-pyrrole nitrogens is 1. The molecule has 0 aromatic carbocycles. The second kappa shape index (κ2) is 6.30. The fourth-order valence-electron chi connectivity index (χ4n) is 3.32. The molecule has 1 saturated carbocycles. The van der Waals surface area contributed by atoms with E-state index < -0.39 is 0 Å². The maximum Gasteiger partial charge on any atom is 0.0794 e. The van der Waals surface area contributed by atoms with E-state index in [1.165, 1.54) is 36.1 Å².